The molecule has 0 rings (SSSR count). The lowest BCUT2D eigenvalue weighted by Gasteiger charge is -2.09. The van der Waals surface area contributed by atoms with E-state index in [1.54, 1.807) is 0 Å². The summed E-state index contributed by atoms with van der Waals surface area (Å²) in [6.45, 7) is 4.50. The summed E-state index contributed by atoms with van der Waals surface area (Å²) in [6.07, 6.45) is 19.5. The zero-order valence-electron chi connectivity index (χ0n) is 13.5. The Morgan fingerprint density at radius 3 is 1.42 bits per heavy atom. The molecule has 1 atom stereocenters. The Kier molecular flexibility index (Phi) is 15.5. The predicted octanol–water partition coefficient (Wildman–Crippen LogP) is 6.30. The van der Waals surface area contributed by atoms with Gasteiger partial charge in [0.15, 0.2) is 0 Å². The fourth-order valence-electron chi connectivity index (χ4n) is 2.65. The van der Waals surface area contributed by atoms with Crippen LogP contribution >= 0.6 is 0 Å². The zero-order chi connectivity index (χ0) is 14.2. The fraction of sp³-hybridized carbons (Fsp3) is 0.944. The minimum absolute atomic E-state index is 0.344. The van der Waals surface area contributed by atoms with Crippen LogP contribution in [0, 0.1) is 5.92 Å². The first kappa shape index (κ1) is 18.7. The fourth-order valence-corrected chi connectivity index (χ4v) is 2.65. The zero-order valence-corrected chi connectivity index (χ0v) is 13.5. The number of carbonyl (C=O) groups is 1. The number of unbranched alkanes of at least 4 members (excludes halogenated alkanes) is 10. The maximum atomic E-state index is 11.0. The van der Waals surface area contributed by atoms with Crippen LogP contribution in [-0.2, 0) is 4.79 Å². The molecule has 0 saturated heterocycles. The lowest BCUT2D eigenvalue weighted by Crippen LogP contribution is -2.02. The molecular formula is C18H36O. The molecule has 0 fully saturated rings. The smallest absolute Gasteiger partial charge is 0.123 e. The molecule has 1 nitrogen and oxygen atoms in total. The molecule has 0 saturated carbocycles. The largest absolute Gasteiger partial charge is 0.303 e. The lowest BCUT2D eigenvalue weighted by molar-refractivity contribution is -0.111. The molecule has 0 aromatic rings. The first-order chi connectivity index (χ1) is 9.35. The van der Waals surface area contributed by atoms with Crippen molar-refractivity contribution in [2.24, 2.45) is 5.92 Å². The summed E-state index contributed by atoms with van der Waals surface area (Å²) >= 11 is 0. The van der Waals surface area contributed by atoms with Crippen molar-refractivity contribution in [1.82, 2.24) is 0 Å². The number of carbonyl (C=O) groups excluding carboxylic acids is 1. The van der Waals surface area contributed by atoms with Crippen molar-refractivity contribution >= 4 is 6.29 Å². The minimum atomic E-state index is 0.344. The van der Waals surface area contributed by atoms with Gasteiger partial charge in [-0.15, -0.1) is 0 Å². The highest BCUT2D eigenvalue weighted by atomic mass is 16.1. The molecule has 0 aliphatic heterocycles. The van der Waals surface area contributed by atoms with Crippen molar-refractivity contribution in [3.8, 4) is 0 Å². The van der Waals surface area contributed by atoms with Gasteiger partial charge in [0.05, 0.1) is 0 Å². The van der Waals surface area contributed by atoms with E-state index in [0.29, 0.717) is 5.92 Å². The molecule has 0 heterocycles. The van der Waals surface area contributed by atoms with E-state index in [1.165, 1.54) is 83.3 Å². The van der Waals surface area contributed by atoms with Gasteiger partial charge < -0.3 is 4.79 Å². The topological polar surface area (TPSA) is 17.1 Å². The third kappa shape index (κ3) is 13.9. The molecule has 0 aliphatic rings. The quantitative estimate of drug-likeness (QED) is 0.251. The van der Waals surface area contributed by atoms with Crippen LogP contribution in [0.4, 0.5) is 0 Å². The van der Waals surface area contributed by atoms with Gasteiger partial charge in [-0.25, -0.2) is 0 Å². The Morgan fingerprint density at radius 1 is 0.632 bits per heavy atom. The summed E-state index contributed by atoms with van der Waals surface area (Å²) in [7, 11) is 0. The normalized spacial score (nSPS) is 12.5. The Labute approximate surface area is 121 Å². The maximum Gasteiger partial charge on any atom is 0.123 e. The molecular weight excluding hydrogens is 232 g/mol. The van der Waals surface area contributed by atoms with E-state index >= 15 is 0 Å². The van der Waals surface area contributed by atoms with Gasteiger partial charge in [0.1, 0.15) is 6.29 Å². The van der Waals surface area contributed by atoms with Gasteiger partial charge in [-0.1, -0.05) is 90.9 Å². The summed E-state index contributed by atoms with van der Waals surface area (Å²) < 4.78 is 0. The highest BCUT2D eigenvalue weighted by Crippen LogP contribution is 2.17. The van der Waals surface area contributed by atoms with Crippen molar-refractivity contribution in [3.63, 3.8) is 0 Å². The summed E-state index contributed by atoms with van der Waals surface area (Å²) in [5.41, 5.74) is 0. The molecule has 19 heavy (non-hydrogen) atoms. The summed E-state index contributed by atoms with van der Waals surface area (Å²) in [4.78, 5) is 11.0. The number of aldehydes is 1. The van der Waals surface area contributed by atoms with Crippen LogP contribution < -0.4 is 0 Å². The van der Waals surface area contributed by atoms with Crippen LogP contribution in [0.2, 0.25) is 0 Å². The number of hydrogen-bond acceptors (Lipinski definition) is 1. The van der Waals surface area contributed by atoms with Crippen LogP contribution in [0.25, 0.3) is 0 Å². The van der Waals surface area contributed by atoms with E-state index in [0.717, 1.165) is 12.8 Å². The first-order valence-corrected chi connectivity index (χ1v) is 8.80. The van der Waals surface area contributed by atoms with E-state index in [9.17, 15) is 4.79 Å². The SMILES string of the molecule is CCCCCCCCCCC(C=O)CCCCCC. The van der Waals surface area contributed by atoms with Gasteiger partial charge in [-0.05, 0) is 12.8 Å². The third-order valence-electron chi connectivity index (χ3n) is 4.05. The maximum absolute atomic E-state index is 11.0. The van der Waals surface area contributed by atoms with Gasteiger partial charge in [0, 0.05) is 5.92 Å². The van der Waals surface area contributed by atoms with Crippen molar-refractivity contribution in [2.45, 2.75) is 104 Å². The molecule has 0 bridgehead atoms. The molecule has 1 unspecified atom stereocenters. The molecule has 0 radical (unpaired) electrons. The molecule has 114 valence electrons. The van der Waals surface area contributed by atoms with Crippen LogP contribution in [0.3, 0.4) is 0 Å². The molecule has 0 spiro atoms. The summed E-state index contributed by atoms with van der Waals surface area (Å²) in [6, 6.07) is 0. The Morgan fingerprint density at radius 2 is 1.00 bits per heavy atom. The van der Waals surface area contributed by atoms with E-state index < -0.39 is 0 Å². The Balaban J connectivity index is 3.28. The second-order valence-electron chi connectivity index (χ2n) is 6.01. The molecule has 0 aliphatic carbocycles. The second kappa shape index (κ2) is 15.7. The monoisotopic (exact) mass is 268 g/mol. The van der Waals surface area contributed by atoms with E-state index in [-0.39, 0.29) is 0 Å². The molecule has 0 N–H and O–H groups in total. The van der Waals surface area contributed by atoms with Crippen LogP contribution in [0.5, 0.6) is 0 Å². The predicted molar refractivity (Wildman–Crippen MR) is 85.5 cm³/mol. The lowest BCUT2D eigenvalue weighted by atomic mass is 9.95. The van der Waals surface area contributed by atoms with E-state index in [1.807, 2.05) is 0 Å². The number of rotatable bonds is 15. The second-order valence-corrected chi connectivity index (χ2v) is 6.01. The van der Waals surface area contributed by atoms with Gasteiger partial charge in [-0.2, -0.15) is 0 Å². The highest BCUT2D eigenvalue weighted by molar-refractivity contribution is 5.53. The van der Waals surface area contributed by atoms with E-state index in [2.05, 4.69) is 13.8 Å². The average molecular weight is 268 g/mol. The average Bonchev–Trinajstić information content (AvgIpc) is 2.44. The van der Waals surface area contributed by atoms with Gasteiger partial charge >= 0.3 is 0 Å². The van der Waals surface area contributed by atoms with Crippen molar-refractivity contribution in [2.75, 3.05) is 0 Å². The molecule has 1 heteroatoms. The summed E-state index contributed by atoms with van der Waals surface area (Å²) in [5.74, 6) is 0.344. The van der Waals surface area contributed by atoms with Crippen molar-refractivity contribution in [3.05, 3.63) is 0 Å². The Bertz CT molecular complexity index is 177. The summed E-state index contributed by atoms with van der Waals surface area (Å²) in [5, 5.41) is 0. The Hall–Kier alpha value is -0.330. The van der Waals surface area contributed by atoms with Crippen molar-refractivity contribution in [1.29, 1.82) is 0 Å². The third-order valence-corrected chi connectivity index (χ3v) is 4.05. The van der Waals surface area contributed by atoms with Gasteiger partial charge in [-0.3, -0.25) is 0 Å². The van der Waals surface area contributed by atoms with E-state index in [4.69, 9.17) is 0 Å². The highest BCUT2D eigenvalue weighted by Gasteiger charge is 2.06. The van der Waals surface area contributed by atoms with Crippen LogP contribution in [-0.4, -0.2) is 6.29 Å². The van der Waals surface area contributed by atoms with Gasteiger partial charge in [0.25, 0.3) is 0 Å². The standard InChI is InChI=1S/C18H36O/c1-3-5-7-9-10-11-12-14-16-18(17-19)15-13-8-6-4-2/h17-18H,3-16H2,1-2H3. The first-order valence-electron chi connectivity index (χ1n) is 8.80. The van der Waals surface area contributed by atoms with Crippen LogP contribution in [0.1, 0.15) is 104 Å². The molecule has 0 aromatic carbocycles. The minimum Gasteiger partial charge on any atom is -0.303 e. The van der Waals surface area contributed by atoms with Gasteiger partial charge in [0.2, 0.25) is 0 Å². The molecule has 0 aromatic heterocycles. The number of hydrogen-bond donors (Lipinski definition) is 0. The van der Waals surface area contributed by atoms with Crippen LogP contribution in [0.15, 0.2) is 0 Å². The molecule has 0 amide bonds. The van der Waals surface area contributed by atoms with Crippen molar-refractivity contribution < 1.29 is 4.79 Å².